The van der Waals surface area contributed by atoms with Crippen molar-refractivity contribution in [3.05, 3.63) is 64.2 Å². The Morgan fingerprint density at radius 2 is 1.73 bits per heavy atom. The zero-order valence-electron chi connectivity index (χ0n) is 14.1. The highest BCUT2D eigenvalue weighted by atomic mass is 16.5. The first-order valence-corrected chi connectivity index (χ1v) is 7.74. The molecule has 0 fully saturated rings. The Kier molecular flexibility index (Phi) is 5.02. The Hall–Kier alpha value is -2.09. The van der Waals surface area contributed by atoms with Crippen molar-refractivity contribution < 1.29 is 9.53 Å². The van der Waals surface area contributed by atoms with Gasteiger partial charge < -0.3 is 4.74 Å². The number of rotatable bonds is 4. The number of ether oxygens (including phenoxy) is 1. The molecular weight excluding hydrogens is 272 g/mol. The van der Waals surface area contributed by atoms with Crippen LogP contribution in [0.5, 0.6) is 5.75 Å². The van der Waals surface area contributed by atoms with Crippen LogP contribution < -0.4 is 4.74 Å². The van der Waals surface area contributed by atoms with Gasteiger partial charge in [-0.05, 0) is 48.1 Å². The molecule has 0 aliphatic rings. The van der Waals surface area contributed by atoms with Gasteiger partial charge in [0.2, 0.25) is 0 Å². The van der Waals surface area contributed by atoms with Gasteiger partial charge in [-0.15, -0.1) is 0 Å². The van der Waals surface area contributed by atoms with Crippen LogP contribution in [-0.4, -0.2) is 5.97 Å². The van der Waals surface area contributed by atoms with Gasteiger partial charge in [-0.1, -0.05) is 44.2 Å². The van der Waals surface area contributed by atoms with Gasteiger partial charge in [-0.3, -0.25) is 4.79 Å². The molecule has 0 bridgehead atoms. The van der Waals surface area contributed by atoms with Crippen molar-refractivity contribution in [2.75, 3.05) is 0 Å². The van der Waals surface area contributed by atoms with Crippen LogP contribution in [0.3, 0.4) is 0 Å². The van der Waals surface area contributed by atoms with Gasteiger partial charge in [0, 0.05) is 18.9 Å². The van der Waals surface area contributed by atoms with E-state index in [9.17, 15) is 4.79 Å². The summed E-state index contributed by atoms with van der Waals surface area (Å²) in [7, 11) is 0. The second-order valence-corrected chi connectivity index (χ2v) is 6.23. The zero-order chi connectivity index (χ0) is 16.3. The van der Waals surface area contributed by atoms with Crippen molar-refractivity contribution in [1.82, 2.24) is 0 Å². The number of hydrogen-bond acceptors (Lipinski definition) is 2. The molecular formula is C20H24O2. The third-order valence-corrected chi connectivity index (χ3v) is 3.86. The maximum Gasteiger partial charge on any atom is 0.308 e. The van der Waals surface area contributed by atoms with Crippen LogP contribution in [0.1, 0.15) is 54.5 Å². The van der Waals surface area contributed by atoms with E-state index in [0.29, 0.717) is 11.7 Å². The van der Waals surface area contributed by atoms with E-state index in [-0.39, 0.29) is 5.97 Å². The monoisotopic (exact) mass is 296 g/mol. The van der Waals surface area contributed by atoms with Gasteiger partial charge in [0.25, 0.3) is 0 Å². The molecule has 0 N–H and O–H groups in total. The minimum Gasteiger partial charge on any atom is -0.426 e. The van der Waals surface area contributed by atoms with Gasteiger partial charge in [0.15, 0.2) is 0 Å². The van der Waals surface area contributed by atoms with Crippen LogP contribution in [-0.2, 0) is 11.2 Å². The summed E-state index contributed by atoms with van der Waals surface area (Å²) in [5, 5.41) is 0. The Bertz CT molecular complexity index is 667. The van der Waals surface area contributed by atoms with Crippen LogP contribution in [0.2, 0.25) is 0 Å². The Morgan fingerprint density at radius 1 is 1.09 bits per heavy atom. The Morgan fingerprint density at radius 3 is 2.27 bits per heavy atom. The molecule has 2 rings (SSSR count). The van der Waals surface area contributed by atoms with Crippen LogP contribution in [0.15, 0.2) is 36.4 Å². The van der Waals surface area contributed by atoms with Crippen molar-refractivity contribution in [3.8, 4) is 5.75 Å². The summed E-state index contributed by atoms with van der Waals surface area (Å²) in [6.45, 7) is 9.91. The molecule has 0 saturated carbocycles. The normalized spacial score (nSPS) is 10.8. The second kappa shape index (κ2) is 6.78. The molecule has 0 unspecified atom stereocenters. The summed E-state index contributed by atoms with van der Waals surface area (Å²) in [5.41, 5.74) is 5.91. The van der Waals surface area contributed by atoms with Crippen molar-refractivity contribution in [2.24, 2.45) is 0 Å². The summed E-state index contributed by atoms with van der Waals surface area (Å²) >= 11 is 0. The predicted octanol–water partition coefficient (Wildman–Crippen LogP) is 4.94. The minimum absolute atomic E-state index is 0.276. The molecule has 2 heteroatoms. The maximum atomic E-state index is 11.3. The topological polar surface area (TPSA) is 26.3 Å². The summed E-state index contributed by atoms with van der Waals surface area (Å²) in [6, 6.07) is 12.7. The average molecular weight is 296 g/mol. The first-order valence-electron chi connectivity index (χ1n) is 7.74. The van der Waals surface area contributed by atoms with Crippen molar-refractivity contribution >= 4 is 5.97 Å². The number of aryl methyl sites for hydroxylation is 2. The summed E-state index contributed by atoms with van der Waals surface area (Å²) in [4.78, 5) is 11.3. The fourth-order valence-electron chi connectivity index (χ4n) is 2.66. The quantitative estimate of drug-likeness (QED) is 0.590. The molecule has 0 spiro atoms. The number of carbonyl (C=O) groups excluding carboxylic acids is 1. The predicted molar refractivity (Wildman–Crippen MR) is 90.6 cm³/mol. The largest absolute Gasteiger partial charge is 0.426 e. The lowest BCUT2D eigenvalue weighted by atomic mass is 9.95. The van der Waals surface area contributed by atoms with E-state index in [1.54, 1.807) is 0 Å². The van der Waals surface area contributed by atoms with Crippen molar-refractivity contribution in [1.29, 1.82) is 0 Å². The van der Waals surface area contributed by atoms with E-state index in [4.69, 9.17) is 4.74 Å². The Balaban J connectivity index is 2.33. The molecule has 2 nitrogen and oxygen atoms in total. The van der Waals surface area contributed by atoms with Gasteiger partial charge >= 0.3 is 5.97 Å². The van der Waals surface area contributed by atoms with Gasteiger partial charge in [-0.25, -0.2) is 0 Å². The first kappa shape index (κ1) is 16.3. The van der Waals surface area contributed by atoms with Crippen molar-refractivity contribution in [2.45, 2.75) is 47.0 Å². The highest BCUT2D eigenvalue weighted by Crippen LogP contribution is 2.28. The molecule has 0 amide bonds. The van der Waals surface area contributed by atoms with Crippen LogP contribution in [0.25, 0.3) is 0 Å². The average Bonchev–Trinajstić information content (AvgIpc) is 2.42. The fourth-order valence-corrected chi connectivity index (χ4v) is 2.66. The molecule has 0 saturated heterocycles. The molecule has 116 valence electrons. The smallest absolute Gasteiger partial charge is 0.308 e. The lowest BCUT2D eigenvalue weighted by Gasteiger charge is -2.14. The number of hydrogen-bond donors (Lipinski definition) is 0. The highest BCUT2D eigenvalue weighted by Gasteiger charge is 2.11. The molecule has 2 aromatic rings. The standard InChI is InChI=1S/C20H24O2/c1-13(2)18-8-6-17(7-9-18)12-19-15(4)10-14(3)11-20(19)22-16(5)21/h6-11,13H,12H2,1-5H3. The van der Waals surface area contributed by atoms with Crippen LogP contribution in [0.4, 0.5) is 0 Å². The SMILES string of the molecule is CC(=O)Oc1cc(C)cc(C)c1Cc1ccc(C(C)C)cc1. The number of benzene rings is 2. The third kappa shape index (κ3) is 3.97. The number of carbonyl (C=O) groups is 1. The van der Waals surface area contributed by atoms with E-state index >= 15 is 0 Å². The summed E-state index contributed by atoms with van der Waals surface area (Å²) < 4.78 is 5.40. The van der Waals surface area contributed by atoms with E-state index in [1.807, 2.05) is 13.0 Å². The third-order valence-electron chi connectivity index (χ3n) is 3.86. The molecule has 0 atom stereocenters. The Labute approximate surface area is 133 Å². The van der Waals surface area contributed by atoms with Gasteiger partial charge in [-0.2, -0.15) is 0 Å². The van der Waals surface area contributed by atoms with E-state index in [1.165, 1.54) is 18.1 Å². The first-order chi connectivity index (χ1) is 10.4. The molecule has 0 aliphatic carbocycles. The fraction of sp³-hybridized carbons (Fsp3) is 0.350. The molecule has 0 radical (unpaired) electrons. The van der Waals surface area contributed by atoms with Gasteiger partial charge in [0.1, 0.15) is 5.75 Å². The molecule has 2 aromatic carbocycles. The molecule has 0 heterocycles. The lowest BCUT2D eigenvalue weighted by molar-refractivity contribution is -0.131. The molecule has 0 aromatic heterocycles. The second-order valence-electron chi connectivity index (χ2n) is 6.23. The number of esters is 1. The maximum absolute atomic E-state index is 11.3. The molecule has 0 aliphatic heterocycles. The van der Waals surface area contributed by atoms with E-state index in [2.05, 4.69) is 51.1 Å². The van der Waals surface area contributed by atoms with E-state index in [0.717, 1.165) is 23.1 Å². The van der Waals surface area contributed by atoms with Crippen LogP contribution in [0, 0.1) is 13.8 Å². The minimum atomic E-state index is -0.276. The zero-order valence-corrected chi connectivity index (χ0v) is 14.1. The molecule has 22 heavy (non-hydrogen) atoms. The summed E-state index contributed by atoms with van der Waals surface area (Å²) in [6.07, 6.45) is 0.771. The van der Waals surface area contributed by atoms with Crippen molar-refractivity contribution in [3.63, 3.8) is 0 Å². The van der Waals surface area contributed by atoms with Gasteiger partial charge in [0.05, 0.1) is 0 Å². The summed E-state index contributed by atoms with van der Waals surface area (Å²) in [5.74, 6) is 0.936. The van der Waals surface area contributed by atoms with Crippen LogP contribution >= 0.6 is 0 Å². The highest BCUT2D eigenvalue weighted by molar-refractivity contribution is 5.70. The lowest BCUT2D eigenvalue weighted by Crippen LogP contribution is -2.06. The van der Waals surface area contributed by atoms with E-state index < -0.39 is 0 Å².